The van der Waals surface area contributed by atoms with E-state index in [1.807, 2.05) is 55.5 Å². The van der Waals surface area contributed by atoms with E-state index in [1.165, 1.54) is 21.1 Å². The molecule has 0 aliphatic carbocycles. The number of rotatable bonds is 9. The van der Waals surface area contributed by atoms with Crippen molar-refractivity contribution in [3.8, 4) is 11.5 Å². The monoisotopic (exact) mass is 493 g/mol. The normalized spacial score (nSPS) is 11.7. The number of carbonyl (C=O) groups excluding carboxylic acids is 1. The van der Waals surface area contributed by atoms with Crippen molar-refractivity contribution >= 4 is 32.7 Å². The predicted octanol–water partition coefficient (Wildman–Crippen LogP) is 4.20. The molecule has 0 bridgehead atoms. The molecule has 4 aromatic rings. The summed E-state index contributed by atoms with van der Waals surface area (Å²) in [5.74, 6) is 0.490. The van der Waals surface area contributed by atoms with Gasteiger partial charge in [-0.15, -0.1) is 5.10 Å². The third-order valence-electron chi connectivity index (χ3n) is 5.53. The van der Waals surface area contributed by atoms with E-state index in [1.54, 1.807) is 19.9 Å². The van der Waals surface area contributed by atoms with E-state index in [4.69, 9.17) is 4.74 Å². The van der Waals surface area contributed by atoms with Crippen LogP contribution in [-0.2, 0) is 21.4 Å². The minimum Gasteiger partial charge on any atom is -0.455 e. The summed E-state index contributed by atoms with van der Waals surface area (Å²) in [7, 11) is -3.73. The molecule has 0 radical (unpaired) electrons. The zero-order chi connectivity index (χ0) is 25.0. The Bertz CT molecular complexity index is 1440. The number of amides is 1. The Morgan fingerprint density at radius 2 is 1.74 bits per heavy atom. The summed E-state index contributed by atoms with van der Waals surface area (Å²) in [6.07, 6.45) is 0. The number of para-hydroxylation sites is 1. The van der Waals surface area contributed by atoms with Gasteiger partial charge in [-0.1, -0.05) is 48.9 Å². The Morgan fingerprint density at radius 1 is 1.03 bits per heavy atom. The Kier molecular flexibility index (Phi) is 7.13. The lowest BCUT2D eigenvalue weighted by Crippen LogP contribution is -2.30. The third kappa shape index (κ3) is 5.33. The fraction of sp³-hybridized carbons (Fsp3) is 0.240. The van der Waals surface area contributed by atoms with Crippen LogP contribution in [0.15, 0.2) is 71.6 Å². The maximum Gasteiger partial charge on any atom is 0.246 e. The molecule has 0 saturated heterocycles. The molecular weight excluding hydrogens is 466 g/mol. The van der Waals surface area contributed by atoms with Crippen LogP contribution in [-0.4, -0.2) is 46.7 Å². The maximum absolute atomic E-state index is 13.1. The van der Waals surface area contributed by atoms with Gasteiger partial charge in [0, 0.05) is 13.1 Å². The lowest BCUT2D eigenvalue weighted by Gasteiger charge is -2.20. The molecule has 9 nitrogen and oxygen atoms in total. The van der Waals surface area contributed by atoms with Crippen molar-refractivity contribution in [1.29, 1.82) is 0 Å². The van der Waals surface area contributed by atoms with Crippen LogP contribution in [0.5, 0.6) is 11.5 Å². The van der Waals surface area contributed by atoms with Gasteiger partial charge >= 0.3 is 0 Å². The molecule has 0 fully saturated rings. The van der Waals surface area contributed by atoms with Gasteiger partial charge in [-0.2, -0.15) is 4.31 Å². The summed E-state index contributed by atoms with van der Waals surface area (Å²) in [6.45, 7) is 6.10. The summed E-state index contributed by atoms with van der Waals surface area (Å²) in [6, 6.07) is 19.2. The van der Waals surface area contributed by atoms with Crippen molar-refractivity contribution in [1.82, 2.24) is 19.3 Å². The molecule has 4 rings (SSSR count). The maximum atomic E-state index is 13.1. The number of nitrogens with zero attached hydrogens (tertiary/aromatic N) is 4. The van der Waals surface area contributed by atoms with Gasteiger partial charge in [0.25, 0.3) is 0 Å². The van der Waals surface area contributed by atoms with Crippen LogP contribution < -0.4 is 10.1 Å². The molecule has 3 aromatic carbocycles. The smallest absolute Gasteiger partial charge is 0.246 e. The fourth-order valence-electron chi connectivity index (χ4n) is 3.66. The molecule has 0 spiro atoms. The first kappa shape index (κ1) is 24.4. The molecule has 182 valence electrons. The summed E-state index contributed by atoms with van der Waals surface area (Å²) in [5, 5.41) is 10.9. The average molecular weight is 494 g/mol. The molecule has 35 heavy (non-hydrogen) atoms. The first-order valence-corrected chi connectivity index (χ1v) is 12.7. The van der Waals surface area contributed by atoms with Gasteiger partial charge in [0.05, 0.1) is 16.1 Å². The van der Waals surface area contributed by atoms with E-state index in [0.717, 1.165) is 11.1 Å². The number of hydrogen-bond acceptors (Lipinski definition) is 6. The number of fused-ring (bicyclic) bond motifs is 1. The van der Waals surface area contributed by atoms with Crippen LogP contribution in [0.4, 0.5) is 5.69 Å². The Labute approximate surface area is 204 Å². The van der Waals surface area contributed by atoms with E-state index in [0.29, 0.717) is 30.1 Å². The number of hydrogen-bond donors (Lipinski definition) is 1. The average Bonchev–Trinajstić information content (AvgIpc) is 3.24. The zero-order valence-corrected chi connectivity index (χ0v) is 20.6. The van der Waals surface area contributed by atoms with E-state index in [9.17, 15) is 13.2 Å². The standard InChI is InChI=1S/C25H27N5O4S/c1-4-29(5-2)35(32,33)20-14-15-24(34-19-12-10-18(3)11-13-19)22(16-20)26-25(31)17-30-23-9-7-6-8-21(23)27-28-30/h6-16H,4-5,17H2,1-3H3,(H,26,31). The quantitative estimate of drug-likeness (QED) is 0.375. The molecule has 0 saturated carbocycles. The number of nitrogens with one attached hydrogen (secondary N) is 1. The van der Waals surface area contributed by atoms with Crippen LogP contribution in [0.25, 0.3) is 11.0 Å². The molecule has 0 unspecified atom stereocenters. The highest BCUT2D eigenvalue weighted by atomic mass is 32.2. The molecular formula is C25H27N5O4S. The van der Waals surface area contributed by atoms with Crippen molar-refractivity contribution in [2.75, 3.05) is 18.4 Å². The molecule has 10 heteroatoms. The Balaban J connectivity index is 1.66. The molecule has 0 aliphatic rings. The summed E-state index contributed by atoms with van der Waals surface area (Å²) >= 11 is 0. The second-order valence-corrected chi connectivity index (χ2v) is 9.88. The van der Waals surface area contributed by atoms with Gasteiger partial charge in [0.1, 0.15) is 17.8 Å². The van der Waals surface area contributed by atoms with Gasteiger partial charge in [0.15, 0.2) is 5.75 Å². The second kappa shape index (κ2) is 10.2. The van der Waals surface area contributed by atoms with Crippen molar-refractivity contribution < 1.29 is 17.9 Å². The minimum absolute atomic E-state index is 0.0685. The van der Waals surface area contributed by atoms with Gasteiger partial charge in [-0.05, 0) is 49.4 Å². The highest BCUT2D eigenvalue weighted by molar-refractivity contribution is 7.89. The zero-order valence-electron chi connectivity index (χ0n) is 19.8. The highest BCUT2D eigenvalue weighted by Gasteiger charge is 2.24. The first-order chi connectivity index (χ1) is 16.8. The predicted molar refractivity (Wildman–Crippen MR) is 134 cm³/mol. The summed E-state index contributed by atoms with van der Waals surface area (Å²) < 4.78 is 35.0. The van der Waals surface area contributed by atoms with Crippen molar-refractivity contribution in [3.05, 3.63) is 72.3 Å². The van der Waals surface area contributed by atoms with E-state index in [-0.39, 0.29) is 17.1 Å². The molecule has 1 amide bonds. The van der Waals surface area contributed by atoms with Crippen molar-refractivity contribution in [2.24, 2.45) is 0 Å². The van der Waals surface area contributed by atoms with Crippen LogP contribution in [0.2, 0.25) is 0 Å². The lowest BCUT2D eigenvalue weighted by atomic mass is 10.2. The van der Waals surface area contributed by atoms with E-state index >= 15 is 0 Å². The van der Waals surface area contributed by atoms with Gasteiger partial charge < -0.3 is 10.1 Å². The van der Waals surface area contributed by atoms with Gasteiger partial charge in [-0.3, -0.25) is 4.79 Å². The number of aromatic nitrogens is 3. The third-order valence-corrected chi connectivity index (χ3v) is 7.58. The molecule has 0 aliphatic heterocycles. The molecule has 1 heterocycles. The lowest BCUT2D eigenvalue weighted by molar-refractivity contribution is -0.116. The van der Waals surface area contributed by atoms with Crippen molar-refractivity contribution in [2.45, 2.75) is 32.2 Å². The summed E-state index contributed by atoms with van der Waals surface area (Å²) in [4.78, 5) is 13.0. The minimum atomic E-state index is -3.73. The van der Waals surface area contributed by atoms with Crippen LogP contribution in [0.3, 0.4) is 0 Å². The molecule has 1 aromatic heterocycles. The highest BCUT2D eigenvalue weighted by Crippen LogP contribution is 2.33. The number of carbonyl (C=O) groups is 1. The number of benzene rings is 3. The van der Waals surface area contributed by atoms with Crippen LogP contribution >= 0.6 is 0 Å². The molecule has 1 N–H and O–H groups in total. The first-order valence-electron chi connectivity index (χ1n) is 11.3. The SMILES string of the molecule is CCN(CC)S(=O)(=O)c1ccc(Oc2ccc(C)cc2)c(NC(=O)Cn2nnc3ccccc32)c1. The van der Waals surface area contributed by atoms with Crippen LogP contribution in [0.1, 0.15) is 19.4 Å². The van der Waals surface area contributed by atoms with Gasteiger partial charge in [-0.25, -0.2) is 13.1 Å². The van der Waals surface area contributed by atoms with Crippen molar-refractivity contribution in [3.63, 3.8) is 0 Å². The van der Waals surface area contributed by atoms with E-state index < -0.39 is 15.9 Å². The Morgan fingerprint density at radius 3 is 2.46 bits per heavy atom. The second-order valence-electron chi connectivity index (χ2n) is 7.95. The number of sulfonamides is 1. The fourth-order valence-corrected chi connectivity index (χ4v) is 5.15. The molecule has 0 atom stereocenters. The largest absolute Gasteiger partial charge is 0.455 e. The summed E-state index contributed by atoms with van der Waals surface area (Å²) in [5.41, 5.74) is 2.72. The Hall–Kier alpha value is -3.76. The number of aryl methyl sites for hydroxylation is 1. The topological polar surface area (TPSA) is 106 Å². The number of ether oxygens (including phenoxy) is 1. The van der Waals surface area contributed by atoms with Crippen LogP contribution in [0, 0.1) is 6.92 Å². The number of anilines is 1. The van der Waals surface area contributed by atoms with E-state index in [2.05, 4.69) is 15.6 Å². The van der Waals surface area contributed by atoms with Gasteiger partial charge in [0.2, 0.25) is 15.9 Å².